The smallest absolute Gasteiger partial charge is 0.123 e. The van der Waals surface area contributed by atoms with Crippen LogP contribution in [-0.2, 0) is 4.74 Å². The van der Waals surface area contributed by atoms with Gasteiger partial charge in [-0.25, -0.2) is 4.39 Å². The molecule has 0 bridgehead atoms. The minimum Gasteiger partial charge on any atom is -0.369 e. The topological polar surface area (TPSA) is 22.1 Å². The fraction of sp³-hybridized carbons (Fsp3) is 0.267. The summed E-state index contributed by atoms with van der Waals surface area (Å²) in [6, 6.07) is 10.1. The number of ether oxygens (including phenoxy) is 1. The number of hydrogen-bond acceptors (Lipinski definition) is 2. The lowest BCUT2D eigenvalue weighted by molar-refractivity contribution is 0.0808. The first kappa shape index (κ1) is 14.0. The monoisotopic (exact) mass is 279 g/mol. The van der Waals surface area contributed by atoms with Crippen molar-refractivity contribution in [1.29, 1.82) is 0 Å². The van der Waals surface area contributed by atoms with E-state index in [1.807, 2.05) is 12.1 Å². The number of alkyl halides is 1. The van der Waals surface area contributed by atoms with E-state index in [0.29, 0.717) is 12.5 Å². The van der Waals surface area contributed by atoms with Gasteiger partial charge < -0.3 is 4.74 Å². The lowest BCUT2D eigenvalue weighted by Gasteiger charge is -2.18. The molecule has 0 N–H and O–H groups in total. The molecule has 100 valence electrons. The Labute approximate surface area is 117 Å². The predicted octanol–water partition coefficient (Wildman–Crippen LogP) is 3.96. The number of nitrogens with zero attached hydrogens (tertiary/aromatic N) is 1. The van der Waals surface area contributed by atoms with E-state index in [1.54, 1.807) is 24.5 Å². The zero-order valence-corrected chi connectivity index (χ0v) is 11.2. The quantitative estimate of drug-likeness (QED) is 0.590. The van der Waals surface area contributed by atoms with Gasteiger partial charge in [0.05, 0.1) is 0 Å². The molecule has 0 radical (unpaired) electrons. The highest BCUT2D eigenvalue weighted by molar-refractivity contribution is 6.17. The maximum atomic E-state index is 13.0. The van der Waals surface area contributed by atoms with Crippen molar-refractivity contribution in [2.24, 2.45) is 0 Å². The fourth-order valence-corrected chi connectivity index (χ4v) is 1.92. The van der Waals surface area contributed by atoms with Gasteiger partial charge in [0.2, 0.25) is 0 Å². The molecule has 0 aliphatic carbocycles. The van der Waals surface area contributed by atoms with Gasteiger partial charge in [0, 0.05) is 30.4 Å². The molecule has 2 rings (SSSR count). The number of halogens is 2. The molecule has 1 aromatic heterocycles. The second-order valence-electron chi connectivity index (χ2n) is 4.13. The average molecular weight is 280 g/mol. The van der Waals surface area contributed by atoms with Crippen LogP contribution in [0.4, 0.5) is 4.39 Å². The molecule has 0 aliphatic heterocycles. The van der Waals surface area contributed by atoms with Crippen LogP contribution in [0, 0.1) is 5.82 Å². The van der Waals surface area contributed by atoms with E-state index in [2.05, 4.69) is 4.98 Å². The van der Waals surface area contributed by atoms with Crippen molar-refractivity contribution in [1.82, 2.24) is 4.98 Å². The van der Waals surface area contributed by atoms with E-state index in [1.165, 1.54) is 12.1 Å². The SMILES string of the molecule is Fc1ccc(C(OCCCCl)c2cccnc2)cc1. The summed E-state index contributed by atoms with van der Waals surface area (Å²) >= 11 is 5.66. The van der Waals surface area contributed by atoms with Gasteiger partial charge in [-0.2, -0.15) is 0 Å². The summed E-state index contributed by atoms with van der Waals surface area (Å²) in [5, 5.41) is 0. The van der Waals surface area contributed by atoms with Crippen LogP contribution in [0.2, 0.25) is 0 Å². The Kier molecular flexibility index (Phi) is 5.31. The predicted molar refractivity (Wildman–Crippen MR) is 73.8 cm³/mol. The summed E-state index contributed by atoms with van der Waals surface area (Å²) in [5.74, 6) is 0.304. The van der Waals surface area contributed by atoms with Crippen molar-refractivity contribution >= 4 is 11.6 Å². The summed E-state index contributed by atoms with van der Waals surface area (Å²) in [6.07, 6.45) is 4.01. The third kappa shape index (κ3) is 4.01. The second kappa shape index (κ2) is 7.22. The number of aromatic nitrogens is 1. The molecule has 19 heavy (non-hydrogen) atoms. The minimum atomic E-state index is -0.255. The molecular weight excluding hydrogens is 265 g/mol. The number of hydrogen-bond donors (Lipinski definition) is 0. The largest absolute Gasteiger partial charge is 0.369 e. The molecule has 0 saturated carbocycles. The van der Waals surface area contributed by atoms with Crippen molar-refractivity contribution in [2.45, 2.75) is 12.5 Å². The van der Waals surface area contributed by atoms with Gasteiger partial charge in [0.1, 0.15) is 11.9 Å². The summed E-state index contributed by atoms with van der Waals surface area (Å²) in [4.78, 5) is 4.10. The van der Waals surface area contributed by atoms with E-state index in [-0.39, 0.29) is 11.9 Å². The van der Waals surface area contributed by atoms with Crippen LogP contribution < -0.4 is 0 Å². The zero-order valence-electron chi connectivity index (χ0n) is 10.4. The van der Waals surface area contributed by atoms with Crippen LogP contribution in [-0.4, -0.2) is 17.5 Å². The minimum absolute atomic E-state index is 0.238. The molecule has 4 heteroatoms. The third-order valence-corrected chi connectivity index (χ3v) is 2.99. The molecule has 0 spiro atoms. The van der Waals surface area contributed by atoms with Gasteiger partial charge in [-0.3, -0.25) is 4.98 Å². The normalized spacial score (nSPS) is 12.3. The average Bonchev–Trinajstić information content (AvgIpc) is 2.46. The summed E-state index contributed by atoms with van der Waals surface area (Å²) in [5.41, 5.74) is 1.85. The Morgan fingerprint density at radius 1 is 1.16 bits per heavy atom. The van der Waals surface area contributed by atoms with E-state index in [9.17, 15) is 4.39 Å². The third-order valence-electron chi connectivity index (χ3n) is 2.72. The standard InChI is InChI=1S/C15H15ClFNO/c16-8-2-10-19-15(13-3-1-9-18-11-13)12-4-6-14(17)7-5-12/h1,3-7,9,11,15H,2,8,10H2. The molecule has 1 unspecified atom stereocenters. The van der Waals surface area contributed by atoms with Gasteiger partial charge >= 0.3 is 0 Å². The molecule has 0 amide bonds. The molecule has 0 fully saturated rings. The number of benzene rings is 1. The molecule has 1 atom stereocenters. The maximum Gasteiger partial charge on any atom is 0.123 e. The van der Waals surface area contributed by atoms with Crippen molar-refractivity contribution in [3.8, 4) is 0 Å². The second-order valence-corrected chi connectivity index (χ2v) is 4.51. The molecule has 0 saturated heterocycles. The van der Waals surface area contributed by atoms with E-state index < -0.39 is 0 Å². The van der Waals surface area contributed by atoms with Gasteiger partial charge in [-0.15, -0.1) is 11.6 Å². The first-order valence-electron chi connectivity index (χ1n) is 6.14. The number of pyridine rings is 1. The zero-order chi connectivity index (χ0) is 13.5. The Morgan fingerprint density at radius 2 is 1.95 bits per heavy atom. The maximum absolute atomic E-state index is 13.0. The first-order chi connectivity index (χ1) is 9.31. The van der Waals surface area contributed by atoms with Crippen LogP contribution in [0.15, 0.2) is 48.8 Å². The number of rotatable bonds is 6. The van der Waals surface area contributed by atoms with Gasteiger partial charge in [-0.1, -0.05) is 18.2 Å². The summed E-state index contributed by atoms with van der Waals surface area (Å²) in [7, 11) is 0. The van der Waals surface area contributed by atoms with Crippen molar-refractivity contribution in [3.05, 3.63) is 65.7 Å². The van der Waals surface area contributed by atoms with E-state index >= 15 is 0 Å². The fourth-order valence-electron chi connectivity index (χ4n) is 1.81. The Hall–Kier alpha value is -1.45. The Bertz CT molecular complexity index is 489. The molecular formula is C15H15ClFNO. The molecule has 0 aliphatic rings. The highest BCUT2D eigenvalue weighted by Gasteiger charge is 2.14. The van der Waals surface area contributed by atoms with E-state index in [4.69, 9.17) is 16.3 Å². The summed E-state index contributed by atoms with van der Waals surface area (Å²) < 4.78 is 18.8. The Morgan fingerprint density at radius 3 is 2.58 bits per heavy atom. The first-order valence-corrected chi connectivity index (χ1v) is 6.67. The molecule has 1 aromatic carbocycles. The van der Waals surface area contributed by atoms with Crippen LogP contribution in [0.5, 0.6) is 0 Å². The lowest BCUT2D eigenvalue weighted by Crippen LogP contribution is -2.08. The van der Waals surface area contributed by atoms with Crippen molar-refractivity contribution < 1.29 is 9.13 Å². The molecule has 1 heterocycles. The van der Waals surface area contributed by atoms with Crippen LogP contribution in [0.25, 0.3) is 0 Å². The van der Waals surface area contributed by atoms with Crippen molar-refractivity contribution in [2.75, 3.05) is 12.5 Å². The van der Waals surface area contributed by atoms with Crippen LogP contribution in [0.3, 0.4) is 0 Å². The summed E-state index contributed by atoms with van der Waals surface area (Å²) in [6.45, 7) is 0.556. The van der Waals surface area contributed by atoms with E-state index in [0.717, 1.165) is 17.5 Å². The Balaban J connectivity index is 2.21. The lowest BCUT2D eigenvalue weighted by atomic mass is 10.0. The highest BCUT2D eigenvalue weighted by atomic mass is 35.5. The van der Waals surface area contributed by atoms with Crippen LogP contribution >= 0.6 is 11.6 Å². The van der Waals surface area contributed by atoms with Gasteiger partial charge in [0.25, 0.3) is 0 Å². The molecule has 2 nitrogen and oxygen atoms in total. The van der Waals surface area contributed by atoms with Gasteiger partial charge in [0.15, 0.2) is 0 Å². The highest BCUT2D eigenvalue weighted by Crippen LogP contribution is 2.25. The van der Waals surface area contributed by atoms with Gasteiger partial charge in [-0.05, 0) is 30.2 Å². The van der Waals surface area contributed by atoms with Crippen LogP contribution in [0.1, 0.15) is 23.7 Å². The molecule has 2 aromatic rings. The van der Waals surface area contributed by atoms with Crippen molar-refractivity contribution in [3.63, 3.8) is 0 Å².